The summed E-state index contributed by atoms with van der Waals surface area (Å²) in [6.07, 6.45) is 5.00. The molecular weight excluding hydrogens is 376 g/mol. The monoisotopic (exact) mass is 408 g/mol. The fourth-order valence-electron chi connectivity index (χ4n) is 2.65. The molecule has 0 bridgehead atoms. The van der Waals surface area contributed by atoms with Crippen molar-refractivity contribution in [1.82, 2.24) is 0 Å². The van der Waals surface area contributed by atoms with E-state index in [9.17, 15) is 4.79 Å². The van der Waals surface area contributed by atoms with Crippen LogP contribution in [0.25, 0.3) is 6.08 Å². The van der Waals surface area contributed by atoms with Crippen LogP contribution in [-0.4, -0.2) is 23.6 Å². The van der Waals surface area contributed by atoms with Crippen molar-refractivity contribution in [3.05, 3.63) is 72.3 Å². The number of rotatable bonds is 8. The van der Waals surface area contributed by atoms with Crippen LogP contribution >= 0.6 is 0 Å². The standard InChI is InChI=1S/C26H32O4/c1-8-15-28-21-12-10-20(11-13-21)24(27)14-9-19-16-22(29-25(2,3)4)18-23(17-19)30-26(5,6)7/h8-14,16-18H,1,15H2,2-7H3/b14-9+. The predicted octanol–water partition coefficient (Wildman–Crippen LogP) is 6.50. The van der Waals surface area contributed by atoms with Crippen molar-refractivity contribution in [1.29, 1.82) is 0 Å². The first kappa shape index (κ1) is 23.3. The summed E-state index contributed by atoms with van der Waals surface area (Å²) in [6, 6.07) is 12.7. The third-order valence-electron chi connectivity index (χ3n) is 3.68. The van der Waals surface area contributed by atoms with E-state index in [1.54, 1.807) is 42.5 Å². The van der Waals surface area contributed by atoms with Gasteiger partial charge < -0.3 is 14.2 Å². The highest BCUT2D eigenvalue weighted by Gasteiger charge is 2.16. The average molecular weight is 409 g/mol. The summed E-state index contributed by atoms with van der Waals surface area (Å²) in [6.45, 7) is 16.0. The van der Waals surface area contributed by atoms with E-state index in [1.807, 2.05) is 59.7 Å². The quantitative estimate of drug-likeness (QED) is 0.284. The van der Waals surface area contributed by atoms with Crippen molar-refractivity contribution in [3.8, 4) is 17.2 Å². The Balaban J connectivity index is 2.23. The number of hydrogen-bond acceptors (Lipinski definition) is 4. The van der Waals surface area contributed by atoms with Crippen molar-refractivity contribution >= 4 is 11.9 Å². The molecule has 0 amide bonds. The highest BCUT2D eigenvalue weighted by Crippen LogP contribution is 2.29. The molecule has 0 saturated carbocycles. The van der Waals surface area contributed by atoms with Crippen LogP contribution in [0.1, 0.15) is 57.5 Å². The zero-order chi connectivity index (χ0) is 22.4. The number of ether oxygens (including phenoxy) is 3. The SMILES string of the molecule is C=CCOc1ccc(C(=O)/C=C/c2cc(OC(C)(C)C)cc(OC(C)(C)C)c2)cc1. The van der Waals surface area contributed by atoms with Gasteiger partial charge in [0.15, 0.2) is 5.78 Å². The van der Waals surface area contributed by atoms with Gasteiger partial charge in [-0.3, -0.25) is 4.79 Å². The second-order valence-corrected chi connectivity index (χ2v) is 8.99. The smallest absolute Gasteiger partial charge is 0.185 e. The zero-order valence-corrected chi connectivity index (χ0v) is 18.8. The Bertz CT molecular complexity index is 860. The summed E-state index contributed by atoms with van der Waals surface area (Å²) in [7, 11) is 0. The van der Waals surface area contributed by atoms with Crippen molar-refractivity contribution in [2.24, 2.45) is 0 Å². The summed E-state index contributed by atoms with van der Waals surface area (Å²) >= 11 is 0. The van der Waals surface area contributed by atoms with E-state index in [1.165, 1.54) is 0 Å². The van der Waals surface area contributed by atoms with Crippen LogP contribution in [0.3, 0.4) is 0 Å². The summed E-state index contributed by atoms with van der Waals surface area (Å²) in [5.74, 6) is 2.00. The zero-order valence-electron chi connectivity index (χ0n) is 18.8. The minimum absolute atomic E-state index is 0.0919. The van der Waals surface area contributed by atoms with Crippen LogP contribution in [0.2, 0.25) is 0 Å². The van der Waals surface area contributed by atoms with E-state index >= 15 is 0 Å². The lowest BCUT2D eigenvalue weighted by atomic mass is 10.1. The summed E-state index contributed by atoms with van der Waals surface area (Å²) < 4.78 is 17.5. The van der Waals surface area contributed by atoms with Crippen LogP contribution in [-0.2, 0) is 0 Å². The summed E-state index contributed by atoms with van der Waals surface area (Å²) in [4.78, 5) is 12.6. The van der Waals surface area contributed by atoms with E-state index in [4.69, 9.17) is 14.2 Å². The van der Waals surface area contributed by atoms with E-state index in [0.717, 1.165) is 5.56 Å². The molecule has 0 N–H and O–H groups in total. The van der Waals surface area contributed by atoms with Gasteiger partial charge in [-0.05, 0) is 89.6 Å². The van der Waals surface area contributed by atoms with E-state index in [0.29, 0.717) is 29.4 Å². The minimum atomic E-state index is -0.341. The second kappa shape index (κ2) is 9.66. The first-order valence-corrected chi connectivity index (χ1v) is 10.0. The third-order valence-corrected chi connectivity index (χ3v) is 3.68. The predicted molar refractivity (Wildman–Crippen MR) is 123 cm³/mol. The van der Waals surface area contributed by atoms with Gasteiger partial charge >= 0.3 is 0 Å². The Morgan fingerprint density at radius 2 is 1.40 bits per heavy atom. The molecular formula is C26H32O4. The Hall–Kier alpha value is -3.01. The molecule has 0 aliphatic heterocycles. The average Bonchev–Trinajstić information content (AvgIpc) is 2.62. The van der Waals surface area contributed by atoms with Crippen molar-refractivity contribution in [3.63, 3.8) is 0 Å². The highest BCUT2D eigenvalue weighted by molar-refractivity contribution is 6.06. The molecule has 4 nitrogen and oxygen atoms in total. The largest absolute Gasteiger partial charge is 0.490 e. The van der Waals surface area contributed by atoms with Crippen LogP contribution in [0.5, 0.6) is 17.2 Å². The lowest BCUT2D eigenvalue weighted by molar-refractivity contribution is 0.104. The number of allylic oxidation sites excluding steroid dienone is 1. The molecule has 2 rings (SSSR count). The van der Waals surface area contributed by atoms with Gasteiger partial charge in [0.2, 0.25) is 0 Å². The van der Waals surface area contributed by atoms with Gasteiger partial charge in [-0.15, -0.1) is 0 Å². The van der Waals surface area contributed by atoms with Gasteiger partial charge in [-0.2, -0.15) is 0 Å². The van der Waals surface area contributed by atoms with Crippen LogP contribution in [0, 0.1) is 0 Å². The molecule has 4 heteroatoms. The summed E-state index contributed by atoms with van der Waals surface area (Å²) in [5.41, 5.74) is 0.736. The lowest BCUT2D eigenvalue weighted by Gasteiger charge is -2.24. The Morgan fingerprint density at radius 3 is 1.87 bits per heavy atom. The maximum absolute atomic E-state index is 12.6. The summed E-state index contributed by atoms with van der Waals surface area (Å²) in [5, 5.41) is 0. The van der Waals surface area contributed by atoms with Gasteiger partial charge in [0.1, 0.15) is 35.1 Å². The van der Waals surface area contributed by atoms with E-state index in [2.05, 4.69) is 6.58 Å². The molecule has 2 aromatic carbocycles. The van der Waals surface area contributed by atoms with Gasteiger partial charge in [-0.1, -0.05) is 18.7 Å². The van der Waals surface area contributed by atoms with Crippen LogP contribution in [0.15, 0.2) is 61.2 Å². The number of hydrogen-bond donors (Lipinski definition) is 0. The van der Waals surface area contributed by atoms with E-state index < -0.39 is 0 Å². The number of carbonyl (C=O) groups is 1. The molecule has 0 spiro atoms. The van der Waals surface area contributed by atoms with E-state index in [-0.39, 0.29) is 17.0 Å². The van der Waals surface area contributed by atoms with Crippen LogP contribution in [0.4, 0.5) is 0 Å². The van der Waals surface area contributed by atoms with Crippen molar-refractivity contribution < 1.29 is 19.0 Å². The fourth-order valence-corrected chi connectivity index (χ4v) is 2.65. The topological polar surface area (TPSA) is 44.8 Å². The van der Waals surface area contributed by atoms with Gasteiger partial charge in [0.25, 0.3) is 0 Å². The molecule has 0 aliphatic carbocycles. The molecule has 0 radical (unpaired) electrons. The van der Waals surface area contributed by atoms with Gasteiger partial charge in [0, 0.05) is 11.6 Å². The maximum atomic E-state index is 12.6. The van der Waals surface area contributed by atoms with Crippen molar-refractivity contribution in [2.45, 2.75) is 52.7 Å². The van der Waals surface area contributed by atoms with Crippen molar-refractivity contribution in [2.75, 3.05) is 6.61 Å². The Kier molecular flexibility index (Phi) is 7.49. The van der Waals surface area contributed by atoms with Gasteiger partial charge in [0.05, 0.1) is 0 Å². The molecule has 0 aromatic heterocycles. The molecule has 0 atom stereocenters. The fraction of sp³-hybridized carbons (Fsp3) is 0.346. The second-order valence-electron chi connectivity index (χ2n) is 8.99. The lowest BCUT2D eigenvalue weighted by Crippen LogP contribution is -2.24. The maximum Gasteiger partial charge on any atom is 0.185 e. The number of ketones is 1. The van der Waals surface area contributed by atoms with Crippen LogP contribution < -0.4 is 14.2 Å². The number of carbonyl (C=O) groups excluding carboxylic acids is 1. The van der Waals surface area contributed by atoms with Gasteiger partial charge in [-0.25, -0.2) is 0 Å². The Labute approximate surface area is 180 Å². The first-order chi connectivity index (χ1) is 13.9. The molecule has 0 heterocycles. The molecule has 0 aliphatic rings. The third kappa shape index (κ3) is 8.16. The molecule has 160 valence electrons. The molecule has 0 saturated heterocycles. The Morgan fingerprint density at radius 1 is 0.867 bits per heavy atom. The normalized spacial score (nSPS) is 11.9. The molecule has 30 heavy (non-hydrogen) atoms. The first-order valence-electron chi connectivity index (χ1n) is 10.0. The highest BCUT2D eigenvalue weighted by atomic mass is 16.5. The molecule has 0 fully saturated rings. The number of benzene rings is 2. The molecule has 0 unspecified atom stereocenters. The molecule has 2 aromatic rings. The minimum Gasteiger partial charge on any atom is -0.490 e.